The average molecular weight is 255 g/mol. The summed E-state index contributed by atoms with van der Waals surface area (Å²) in [6.07, 6.45) is 0. The van der Waals surface area contributed by atoms with E-state index in [2.05, 4.69) is 0 Å². The topological polar surface area (TPSA) is 46.5 Å². The Morgan fingerprint density at radius 2 is 2.29 bits per heavy atom. The van der Waals surface area contributed by atoms with Gasteiger partial charge in [0, 0.05) is 0 Å². The van der Waals surface area contributed by atoms with Crippen LogP contribution in [0.1, 0.15) is 9.23 Å². The molecule has 0 aliphatic carbocycles. The first kappa shape index (κ1) is 9.31. The molecule has 0 radical (unpaired) electrons. The summed E-state index contributed by atoms with van der Waals surface area (Å²) >= 11 is -0.131. The fraction of sp³-hybridized carbons (Fsp3) is 0.100. The summed E-state index contributed by atoms with van der Waals surface area (Å²) in [6.45, 7) is 0. The van der Waals surface area contributed by atoms with Gasteiger partial charge in [0.05, 0.1) is 0 Å². The van der Waals surface area contributed by atoms with Gasteiger partial charge < -0.3 is 0 Å². The molecular weight excluding hydrogens is 247 g/mol. The molecule has 1 aromatic heterocycles. The summed E-state index contributed by atoms with van der Waals surface area (Å²) in [5.41, 5.74) is 0. The molecule has 72 valence electrons. The van der Waals surface area contributed by atoms with Crippen LogP contribution < -0.4 is 4.74 Å². The van der Waals surface area contributed by atoms with Crippen molar-refractivity contribution in [2.45, 2.75) is 0 Å². The van der Waals surface area contributed by atoms with Crippen molar-refractivity contribution >= 4 is 30.1 Å². The van der Waals surface area contributed by atoms with Gasteiger partial charge in [0.25, 0.3) is 0 Å². The van der Waals surface area contributed by atoms with Crippen molar-refractivity contribution in [1.82, 2.24) is 0 Å². The van der Waals surface area contributed by atoms with E-state index >= 15 is 0 Å². The SMILES string of the molecule is COc1cccc2cc(C(=O)O)[se]c12. The molecule has 2 rings (SSSR count). The molecule has 0 bridgehead atoms. The molecule has 0 spiro atoms. The van der Waals surface area contributed by atoms with Gasteiger partial charge in [-0.3, -0.25) is 0 Å². The Morgan fingerprint density at radius 1 is 1.50 bits per heavy atom. The van der Waals surface area contributed by atoms with Gasteiger partial charge >= 0.3 is 86.3 Å². The summed E-state index contributed by atoms with van der Waals surface area (Å²) in [5, 5.41) is 9.83. The predicted octanol–water partition coefficient (Wildman–Crippen LogP) is 1.60. The van der Waals surface area contributed by atoms with Crippen LogP contribution in [0.3, 0.4) is 0 Å². The van der Waals surface area contributed by atoms with Crippen molar-refractivity contribution in [2.24, 2.45) is 0 Å². The standard InChI is InChI=1S/C10H8O3Se/c1-13-7-4-2-3-6-5-8(10(11)12)14-9(6)7/h2-5H,1H3,(H,11,12). The average Bonchev–Trinajstić information content (AvgIpc) is 2.60. The van der Waals surface area contributed by atoms with E-state index in [4.69, 9.17) is 9.84 Å². The third-order valence-electron chi connectivity index (χ3n) is 1.94. The molecule has 3 nitrogen and oxygen atoms in total. The fourth-order valence-corrected chi connectivity index (χ4v) is 3.38. The molecular formula is C10H8O3Se. The number of ether oxygens (including phenoxy) is 1. The zero-order valence-electron chi connectivity index (χ0n) is 7.48. The van der Waals surface area contributed by atoms with Crippen LogP contribution in [0.5, 0.6) is 5.75 Å². The second-order valence-corrected chi connectivity index (χ2v) is 5.00. The van der Waals surface area contributed by atoms with E-state index < -0.39 is 5.97 Å². The number of carboxylic acids is 1. The number of methoxy groups -OCH3 is 1. The number of hydrogen-bond donors (Lipinski definition) is 1. The summed E-state index contributed by atoms with van der Waals surface area (Å²) in [4.78, 5) is 10.8. The first-order valence-corrected chi connectivity index (χ1v) is 5.73. The summed E-state index contributed by atoms with van der Waals surface area (Å²) in [6, 6.07) is 7.37. The van der Waals surface area contributed by atoms with Crippen molar-refractivity contribution < 1.29 is 14.6 Å². The zero-order valence-corrected chi connectivity index (χ0v) is 9.19. The van der Waals surface area contributed by atoms with E-state index in [1.165, 1.54) is 0 Å². The minimum absolute atomic E-state index is 0.131. The van der Waals surface area contributed by atoms with Crippen LogP contribution in [0.15, 0.2) is 24.3 Å². The van der Waals surface area contributed by atoms with Crippen LogP contribution in [-0.2, 0) is 0 Å². The number of carboxylic acid groups (broad SMARTS) is 1. The van der Waals surface area contributed by atoms with Crippen molar-refractivity contribution in [3.63, 3.8) is 0 Å². The van der Waals surface area contributed by atoms with Gasteiger partial charge in [0.15, 0.2) is 0 Å². The molecule has 0 aliphatic heterocycles. The molecule has 4 heteroatoms. The molecule has 0 aliphatic rings. The summed E-state index contributed by atoms with van der Waals surface area (Å²) < 4.78 is 6.69. The quantitative estimate of drug-likeness (QED) is 0.829. The summed E-state index contributed by atoms with van der Waals surface area (Å²) in [5.74, 6) is -0.0433. The van der Waals surface area contributed by atoms with Crippen LogP contribution in [-0.4, -0.2) is 32.7 Å². The number of fused-ring (bicyclic) bond motifs is 1. The Kier molecular flexibility index (Phi) is 2.31. The van der Waals surface area contributed by atoms with E-state index in [1.54, 1.807) is 13.2 Å². The zero-order chi connectivity index (χ0) is 10.1. The second-order valence-electron chi connectivity index (χ2n) is 2.79. The first-order chi connectivity index (χ1) is 6.72. The monoisotopic (exact) mass is 256 g/mol. The Bertz CT molecular complexity index is 487. The molecule has 2 aromatic rings. The molecule has 0 saturated heterocycles. The van der Waals surface area contributed by atoms with E-state index in [1.807, 2.05) is 18.2 Å². The van der Waals surface area contributed by atoms with Gasteiger partial charge in [-0.25, -0.2) is 0 Å². The Labute approximate surface area is 86.7 Å². The number of aromatic carboxylic acids is 1. The van der Waals surface area contributed by atoms with Gasteiger partial charge in [0.1, 0.15) is 0 Å². The fourth-order valence-electron chi connectivity index (χ4n) is 1.30. The Balaban J connectivity index is 2.70. The van der Waals surface area contributed by atoms with Gasteiger partial charge in [-0.2, -0.15) is 0 Å². The van der Waals surface area contributed by atoms with Crippen molar-refractivity contribution in [3.8, 4) is 5.75 Å². The van der Waals surface area contributed by atoms with Gasteiger partial charge in [0.2, 0.25) is 0 Å². The third-order valence-corrected chi connectivity index (χ3v) is 4.36. The molecule has 0 atom stereocenters. The van der Waals surface area contributed by atoms with E-state index in [-0.39, 0.29) is 14.5 Å². The molecule has 1 heterocycles. The molecule has 1 aromatic carbocycles. The molecule has 0 fully saturated rings. The second kappa shape index (κ2) is 3.48. The number of rotatable bonds is 2. The van der Waals surface area contributed by atoms with E-state index in [0.717, 1.165) is 15.4 Å². The number of benzene rings is 1. The van der Waals surface area contributed by atoms with Crippen molar-refractivity contribution in [3.05, 3.63) is 28.7 Å². The Hall–Kier alpha value is -1.25. The normalized spacial score (nSPS) is 10.4. The van der Waals surface area contributed by atoms with Crippen LogP contribution in [0.4, 0.5) is 0 Å². The van der Waals surface area contributed by atoms with Crippen LogP contribution in [0.2, 0.25) is 0 Å². The maximum atomic E-state index is 10.8. The van der Waals surface area contributed by atoms with Gasteiger partial charge in [-0.1, -0.05) is 0 Å². The van der Waals surface area contributed by atoms with E-state index in [0.29, 0.717) is 4.44 Å². The molecule has 0 saturated carbocycles. The van der Waals surface area contributed by atoms with Crippen LogP contribution >= 0.6 is 0 Å². The maximum absolute atomic E-state index is 10.8. The van der Waals surface area contributed by atoms with Crippen molar-refractivity contribution in [2.75, 3.05) is 7.11 Å². The molecule has 14 heavy (non-hydrogen) atoms. The summed E-state index contributed by atoms with van der Waals surface area (Å²) in [7, 11) is 1.60. The van der Waals surface area contributed by atoms with Gasteiger partial charge in [-0.15, -0.1) is 0 Å². The van der Waals surface area contributed by atoms with Crippen LogP contribution in [0.25, 0.3) is 9.65 Å². The first-order valence-electron chi connectivity index (χ1n) is 4.02. The number of carbonyl (C=O) groups is 1. The van der Waals surface area contributed by atoms with Crippen LogP contribution in [0, 0.1) is 0 Å². The van der Waals surface area contributed by atoms with Gasteiger partial charge in [-0.05, 0) is 0 Å². The third kappa shape index (κ3) is 1.43. The number of hydrogen-bond acceptors (Lipinski definition) is 2. The predicted molar refractivity (Wildman–Crippen MR) is 54.4 cm³/mol. The Morgan fingerprint density at radius 3 is 2.93 bits per heavy atom. The molecule has 0 amide bonds. The van der Waals surface area contributed by atoms with Crippen molar-refractivity contribution in [1.29, 1.82) is 0 Å². The molecule has 0 unspecified atom stereocenters. The van der Waals surface area contributed by atoms with E-state index in [9.17, 15) is 4.79 Å². The molecule has 1 N–H and O–H groups in total. The minimum atomic E-state index is -0.830.